The maximum Gasteiger partial charge on any atom is 0.168 e. The number of imidazole rings is 1. The molecule has 2 aromatic carbocycles. The smallest absolute Gasteiger partial charge is 0.168 e. The summed E-state index contributed by atoms with van der Waals surface area (Å²) in [7, 11) is 1.64. The molecular weight excluding hydrogens is 346 g/mol. The fourth-order valence-electron chi connectivity index (χ4n) is 2.59. The molecule has 3 rings (SSSR count). The number of methoxy groups -OCH3 is 1. The van der Waals surface area contributed by atoms with Crippen LogP contribution in [-0.2, 0) is 18.9 Å². The Balaban J connectivity index is 1.77. The van der Waals surface area contributed by atoms with Gasteiger partial charge < -0.3 is 14.4 Å². The predicted molar refractivity (Wildman–Crippen MR) is 101 cm³/mol. The molecular formula is C20H19N3O2S. The first-order valence-corrected chi connectivity index (χ1v) is 9.12. The summed E-state index contributed by atoms with van der Waals surface area (Å²) in [5.41, 5.74) is 3.60. The van der Waals surface area contributed by atoms with Gasteiger partial charge in [0, 0.05) is 12.3 Å². The normalized spacial score (nSPS) is 10.5. The van der Waals surface area contributed by atoms with E-state index >= 15 is 0 Å². The maximum absolute atomic E-state index is 9.62. The van der Waals surface area contributed by atoms with Gasteiger partial charge in [0.1, 0.15) is 5.75 Å². The second kappa shape index (κ2) is 8.56. The van der Waals surface area contributed by atoms with E-state index in [4.69, 9.17) is 10.00 Å². The minimum Gasteiger partial charge on any atom is -0.497 e. The summed E-state index contributed by atoms with van der Waals surface area (Å²) >= 11 is 1.59. The molecule has 1 aromatic heterocycles. The molecule has 0 unspecified atom stereocenters. The number of hydrogen-bond donors (Lipinski definition) is 1. The molecule has 0 atom stereocenters. The maximum atomic E-state index is 9.62. The second-order valence-electron chi connectivity index (χ2n) is 5.73. The Morgan fingerprint density at radius 3 is 2.69 bits per heavy atom. The predicted octanol–water partition coefficient (Wildman–Crippen LogP) is 3.60. The van der Waals surface area contributed by atoms with Crippen molar-refractivity contribution in [2.24, 2.45) is 0 Å². The monoisotopic (exact) mass is 365 g/mol. The molecule has 0 radical (unpaired) electrons. The van der Waals surface area contributed by atoms with Crippen molar-refractivity contribution >= 4 is 11.8 Å². The van der Waals surface area contributed by atoms with Crippen molar-refractivity contribution in [3.05, 3.63) is 77.1 Å². The number of aromatic nitrogens is 2. The molecule has 0 spiro atoms. The number of thioether (sulfide) groups is 1. The minimum atomic E-state index is -0.0619. The molecule has 0 saturated heterocycles. The third-order valence-corrected chi connectivity index (χ3v) is 5.05. The van der Waals surface area contributed by atoms with Gasteiger partial charge in [0.15, 0.2) is 5.16 Å². The zero-order valence-corrected chi connectivity index (χ0v) is 15.2. The minimum absolute atomic E-state index is 0.0619. The van der Waals surface area contributed by atoms with Crippen LogP contribution in [-0.4, -0.2) is 21.8 Å². The molecule has 6 heteroatoms. The van der Waals surface area contributed by atoms with Crippen molar-refractivity contribution in [2.75, 3.05) is 7.11 Å². The summed E-state index contributed by atoms with van der Waals surface area (Å²) in [4.78, 5) is 4.45. The molecule has 132 valence electrons. The summed E-state index contributed by atoms with van der Waals surface area (Å²) in [5, 5.41) is 19.5. The molecule has 1 heterocycles. The molecule has 0 saturated carbocycles. The number of aliphatic hydroxyl groups excluding tert-OH is 1. The highest BCUT2D eigenvalue weighted by molar-refractivity contribution is 7.98. The van der Waals surface area contributed by atoms with Crippen molar-refractivity contribution in [3.63, 3.8) is 0 Å². The lowest BCUT2D eigenvalue weighted by molar-refractivity contribution is 0.270. The van der Waals surface area contributed by atoms with Gasteiger partial charge >= 0.3 is 0 Å². The molecule has 3 aromatic rings. The van der Waals surface area contributed by atoms with E-state index in [1.165, 1.54) is 0 Å². The van der Waals surface area contributed by atoms with E-state index in [9.17, 15) is 5.11 Å². The second-order valence-corrected chi connectivity index (χ2v) is 6.67. The first-order valence-electron chi connectivity index (χ1n) is 8.13. The molecule has 5 nitrogen and oxygen atoms in total. The number of nitrogens with zero attached hydrogens (tertiary/aromatic N) is 3. The Morgan fingerprint density at radius 2 is 2.00 bits per heavy atom. The van der Waals surface area contributed by atoms with Gasteiger partial charge in [-0.25, -0.2) is 4.98 Å². The van der Waals surface area contributed by atoms with Gasteiger partial charge in [0.2, 0.25) is 0 Å². The quantitative estimate of drug-likeness (QED) is 0.648. The molecule has 26 heavy (non-hydrogen) atoms. The van der Waals surface area contributed by atoms with Crippen LogP contribution < -0.4 is 4.74 Å². The van der Waals surface area contributed by atoms with Crippen LogP contribution >= 0.6 is 11.8 Å². The molecule has 0 aliphatic heterocycles. The van der Waals surface area contributed by atoms with Gasteiger partial charge in [-0.15, -0.1) is 0 Å². The Bertz CT molecular complexity index is 914. The summed E-state index contributed by atoms with van der Waals surface area (Å²) in [6.45, 7) is 0.564. The van der Waals surface area contributed by atoms with Crippen molar-refractivity contribution in [3.8, 4) is 11.8 Å². The third-order valence-electron chi connectivity index (χ3n) is 3.99. The standard InChI is InChI=1S/C20H19N3O2S/c1-25-19-7-5-15(6-8-19)12-23-18(13-24)11-22-20(23)26-14-17-4-2-3-16(9-17)10-21/h2-9,11,24H,12-14H2,1H3. The SMILES string of the molecule is COc1ccc(Cn2c(CO)cnc2SCc2cccc(C#N)c2)cc1. The van der Waals surface area contributed by atoms with Crippen LogP contribution in [0.2, 0.25) is 0 Å². The molecule has 0 amide bonds. The van der Waals surface area contributed by atoms with E-state index in [1.54, 1.807) is 31.1 Å². The van der Waals surface area contributed by atoms with Crippen LogP contribution in [0.3, 0.4) is 0 Å². The highest BCUT2D eigenvalue weighted by Gasteiger charge is 2.11. The average molecular weight is 365 g/mol. The molecule has 0 aliphatic carbocycles. The van der Waals surface area contributed by atoms with Crippen LogP contribution in [0.25, 0.3) is 0 Å². The Labute approximate surface area is 156 Å². The van der Waals surface area contributed by atoms with E-state index in [1.807, 2.05) is 47.0 Å². The van der Waals surface area contributed by atoms with Gasteiger partial charge in [0.05, 0.1) is 37.2 Å². The fourth-order valence-corrected chi connectivity index (χ4v) is 3.53. The zero-order valence-electron chi connectivity index (χ0n) is 14.4. The number of aliphatic hydroxyl groups is 1. The summed E-state index contributed by atoms with van der Waals surface area (Å²) in [5.74, 6) is 1.52. The lowest BCUT2D eigenvalue weighted by Crippen LogP contribution is -2.06. The number of nitriles is 1. The highest BCUT2D eigenvalue weighted by Crippen LogP contribution is 2.25. The summed E-state index contributed by atoms with van der Waals surface area (Å²) < 4.78 is 7.21. The number of hydrogen-bond acceptors (Lipinski definition) is 5. The van der Waals surface area contributed by atoms with Gasteiger partial charge in [-0.05, 0) is 35.4 Å². The van der Waals surface area contributed by atoms with Crippen LogP contribution in [0.5, 0.6) is 5.75 Å². The van der Waals surface area contributed by atoms with Gasteiger partial charge in [0.25, 0.3) is 0 Å². The van der Waals surface area contributed by atoms with Crippen molar-refractivity contribution in [1.29, 1.82) is 5.26 Å². The van der Waals surface area contributed by atoms with Crippen LogP contribution in [0.4, 0.5) is 0 Å². The zero-order chi connectivity index (χ0) is 18.4. The Morgan fingerprint density at radius 1 is 1.19 bits per heavy atom. The number of ether oxygens (including phenoxy) is 1. The van der Waals surface area contributed by atoms with Crippen molar-refractivity contribution in [1.82, 2.24) is 9.55 Å². The van der Waals surface area contributed by atoms with Crippen LogP contribution in [0.15, 0.2) is 59.9 Å². The topological polar surface area (TPSA) is 71.1 Å². The lowest BCUT2D eigenvalue weighted by atomic mass is 10.2. The number of benzene rings is 2. The van der Waals surface area contributed by atoms with Gasteiger partial charge in [-0.2, -0.15) is 5.26 Å². The van der Waals surface area contributed by atoms with Crippen molar-refractivity contribution in [2.45, 2.75) is 24.1 Å². The third kappa shape index (κ3) is 4.26. The highest BCUT2D eigenvalue weighted by atomic mass is 32.2. The van der Waals surface area contributed by atoms with Crippen molar-refractivity contribution < 1.29 is 9.84 Å². The van der Waals surface area contributed by atoms with E-state index in [0.717, 1.165) is 27.7 Å². The molecule has 1 N–H and O–H groups in total. The lowest BCUT2D eigenvalue weighted by Gasteiger charge is -2.11. The largest absolute Gasteiger partial charge is 0.497 e. The molecule has 0 aliphatic rings. The Hall–Kier alpha value is -2.75. The number of rotatable bonds is 7. The van der Waals surface area contributed by atoms with Gasteiger partial charge in [-0.1, -0.05) is 36.0 Å². The molecule has 0 bridgehead atoms. The van der Waals surface area contributed by atoms with Crippen LogP contribution in [0.1, 0.15) is 22.4 Å². The fraction of sp³-hybridized carbons (Fsp3) is 0.200. The first kappa shape index (κ1) is 18.1. The Kier molecular flexibility index (Phi) is 5.95. The van der Waals surface area contributed by atoms with E-state index < -0.39 is 0 Å². The summed E-state index contributed by atoms with van der Waals surface area (Å²) in [6.07, 6.45) is 1.71. The molecule has 0 fully saturated rings. The van der Waals surface area contributed by atoms with Gasteiger partial charge in [-0.3, -0.25) is 0 Å². The summed E-state index contributed by atoms with van der Waals surface area (Å²) in [6, 6.07) is 17.6. The van der Waals surface area contributed by atoms with E-state index in [-0.39, 0.29) is 6.61 Å². The van der Waals surface area contributed by atoms with E-state index in [2.05, 4.69) is 11.1 Å². The van der Waals surface area contributed by atoms with Crippen LogP contribution in [0, 0.1) is 11.3 Å². The van der Waals surface area contributed by atoms with E-state index in [0.29, 0.717) is 17.9 Å². The first-order chi connectivity index (χ1) is 12.7. The average Bonchev–Trinajstić information content (AvgIpc) is 3.08.